The van der Waals surface area contributed by atoms with Crippen LogP contribution in [-0.2, 0) is 23.1 Å². The molecular formula is C27H33BrN2O2. The minimum atomic E-state index is -0.0223. The summed E-state index contributed by atoms with van der Waals surface area (Å²) in [5.74, 6) is 1.14. The van der Waals surface area contributed by atoms with Gasteiger partial charge >= 0.3 is 0 Å². The van der Waals surface area contributed by atoms with Crippen LogP contribution in [-0.4, -0.2) is 40.4 Å². The smallest absolute Gasteiger partial charge is 0.235 e. The molecule has 2 N–H and O–H groups in total. The third-order valence-electron chi connectivity index (χ3n) is 8.21. The lowest BCUT2D eigenvalue weighted by Crippen LogP contribution is -2.61. The summed E-state index contributed by atoms with van der Waals surface area (Å²) in [6, 6.07) is 15.1. The molecule has 2 aliphatic carbocycles. The van der Waals surface area contributed by atoms with Crippen LogP contribution < -0.4 is 5.32 Å². The van der Waals surface area contributed by atoms with E-state index >= 15 is 0 Å². The van der Waals surface area contributed by atoms with Crippen LogP contribution in [0.1, 0.15) is 55.2 Å². The molecule has 5 heteroatoms. The fourth-order valence-electron chi connectivity index (χ4n) is 6.79. The van der Waals surface area contributed by atoms with E-state index in [1.54, 1.807) is 0 Å². The van der Waals surface area contributed by atoms with E-state index in [1.165, 1.54) is 55.3 Å². The second kappa shape index (κ2) is 9.18. The third kappa shape index (κ3) is 4.10. The minimum Gasteiger partial charge on any atom is -0.508 e. The van der Waals surface area contributed by atoms with E-state index in [-0.39, 0.29) is 5.91 Å². The Hall–Kier alpha value is -1.85. The molecule has 2 aromatic carbocycles. The van der Waals surface area contributed by atoms with Gasteiger partial charge in [-0.1, -0.05) is 47.0 Å². The third-order valence-corrected chi connectivity index (χ3v) is 8.71. The summed E-state index contributed by atoms with van der Waals surface area (Å²) in [7, 11) is 0. The summed E-state index contributed by atoms with van der Waals surface area (Å²) < 4.78 is 0. The topological polar surface area (TPSA) is 52.6 Å². The molecule has 0 aromatic heterocycles. The Morgan fingerprint density at radius 1 is 1.16 bits per heavy atom. The first-order valence-electron chi connectivity index (χ1n) is 12.1. The van der Waals surface area contributed by atoms with Crippen molar-refractivity contribution in [3.05, 3.63) is 59.2 Å². The number of likely N-dealkylation sites (tertiary alicyclic amines) is 1. The van der Waals surface area contributed by atoms with Gasteiger partial charge in [0.25, 0.3) is 0 Å². The normalized spacial score (nSPS) is 26.8. The lowest BCUT2D eigenvalue weighted by molar-refractivity contribution is -0.113. The van der Waals surface area contributed by atoms with E-state index < -0.39 is 0 Å². The van der Waals surface area contributed by atoms with Gasteiger partial charge in [-0.25, -0.2) is 0 Å². The molecule has 2 bridgehead atoms. The van der Waals surface area contributed by atoms with E-state index in [4.69, 9.17) is 0 Å². The van der Waals surface area contributed by atoms with Crippen molar-refractivity contribution in [3.63, 3.8) is 0 Å². The number of aryl methyl sites for hydroxylation is 1. The highest BCUT2D eigenvalue weighted by molar-refractivity contribution is 9.09. The molecule has 1 saturated carbocycles. The van der Waals surface area contributed by atoms with Crippen molar-refractivity contribution < 1.29 is 9.90 Å². The summed E-state index contributed by atoms with van der Waals surface area (Å²) in [6.45, 7) is 2.32. The van der Waals surface area contributed by atoms with Crippen LogP contribution in [0.25, 0.3) is 0 Å². The first kappa shape index (κ1) is 22.0. The maximum atomic E-state index is 11.5. The second-order valence-electron chi connectivity index (χ2n) is 9.89. The molecule has 2 aromatic rings. The number of halogens is 1. The number of phenolic OH excluding ortho intramolecular Hbond substituents is 1. The van der Waals surface area contributed by atoms with Crippen LogP contribution in [0.2, 0.25) is 0 Å². The van der Waals surface area contributed by atoms with Crippen molar-refractivity contribution in [2.75, 3.05) is 23.7 Å². The SMILES string of the molecule is O=C(CBr)Nc1ccc(CCCN2CC[C@]34CCCC[C@H]3[C@H]2Cc2ccc(O)cc24)cc1. The highest BCUT2D eigenvalue weighted by Gasteiger charge is 2.53. The molecule has 2 fully saturated rings. The van der Waals surface area contributed by atoms with Crippen molar-refractivity contribution in [1.29, 1.82) is 0 Å². The first-order valence-corrected chi connectivity index (χ1v) is 13.2. The van der Waals surface area contributed by atoms with Crippen molar-refractivity contribution in [3.8, 4) is 5.75 Å². The average molecular weight is 497 g/mol. The Morgan fingerprint density at radius 3 is 2.81 bits per heavy atom. The van der Waals surface area contributed by atoms with Crippen LogP contribution in [0.5, 0.6) is 5.75 Å². The molecule has 3 aliphatic rings. The number of piperidine rings is 1. The molecule has 0 spiro atoms. The Bertz CT molecular complexity index is 976. The number of aromatic hydroxyl groups is 1. The van der Waals surface area contributed by atoms with Gasteiger partial charge < -0.3 is 10.4 Å². The van der Waals surface area contributed by atoms with Crippen molar-refractivity contribution in [2.45, 2.75) is 62.8 Å². The Morgan fingerprint density at radius 2 is 2.00 bits per heavy atom. The minimum absolute atomic E-state index is 0.0223. The Balaban J connectivity index is 1.25. The van der Waals surface area contributed by atoms with Crippen LogP contribution in [0, 0.1) is 5.92 Å². The van der Waals surface area contributed by atoms with Crippen LogP contribution in [0.4, 0.5) is 5.69 Å². The van der Waals surface area contributed by atoms with E-state index in [9.17, 15) is 9.90 Å². The van der Waals surface area contributed by atoms with Crippen LogP contribution in [0.15, 0.2) is 42.5 Å². The first-order chi connectivity index (χ1) is 15.6. The molecule has 5 rings (SSSR count). The fraction of sp³-hybridized carbons (Fsp3) is 0.519. The van der Waals surface area contributed by atoms with Crippen LogP contribution in [0.3, 0.4) is 0 Å². The number of phenols is 1. The van der Waals surface area contributed by atoms with E-state index in [1.807, 2.05) is 18.2 Å². The lowest BCUT2D eigenvalue weighted by atomic mass is 9.52. The number of alkyl halides is 1. The fourth-order valence-corrected chi connectivity index (χ4v) is 6.93. The quantitative estimate of drug-likeness (QED) is 0.525. The zero-order valence-corrected chi connectivity index (χ0v) is 20.2. The summed E-state index contributed by atoms with van der Waals surface area (Å²) >= 11 is 3.18. The number of carbonyl (C=O) groups is 1. The maximum absolute atomic E-state index is 11.5. The molecule has 1 heterocycles. The molecule has 4 nitrogen and oxygen atoms in total. The molecule has 1 saturated heterocycles. The predicted octanol–water partition coefficient (Wildman–Crippen LogP) is 5.42. The van der Waals surface area contributed by atoms with Crippen molar-refractivity contribution in [1.82, 2.24) is 4.90 Å². The number of hydrogen-bond donors (Lipinski definition) is 2. The van der Waals surface area contributed by atoms with Crippen molar-refractivity contribution >= 4 is 27.5 Å². The number of nitrogens with zero attached hydrogens (tertiary/aromatic N) is 1. The molecule has 1 aliphatic heterocycles. The van der Waals surface area contributed by atoms with Gasteiger partial charge in [0.1, 0.15) is 5.75 Å². The van der Waals surface area contributed by atoms with E-state index in [2.05, 4.69) is 50.4 Å². The van der Waals surface area contributed by atoms with Crippen LogP contribution >= 0.6 is 15.9 Å². The number of carbonyl (C=O) groups excluding carboxylic acids is 1. The molecule has 3 atom stereocenters. The number of benzene rings is 2. The zero-order valence-electron chi connectivity index (χ0n) is 18.7. The Kier molecular flexibility index (Phi) is 6.31. The number of anilines is 1. The van der Waals surface area contributed by atoms with E-state index in [0.29, 0.717) is 22.5 Å². The van der Waals surface area contributed by atoms with Gasteiger partial charge in [0.15, 0.2) is 0 Å². The zero-order chi connectivity index (χ0) is 22.1. The summed E-state index contributed by atoms with van der Waals surface area (Å²) in [6.07, 6.45) is 9.88. The Labute approximate surface area is 199 Å². The highest BCUT2D eigenvalue weighted by Crippen LogP contribution is 2.56. The number of amides is 1. The van der Waals surface area contributed by atoms with Gasteiger partial charge in [-0.15, -0.1) is 0 Å². The number of nitrogens with one attached hydrogen (secondary N) is 1. The standard InChI is InChI=1S/C27H33BrN2O2/c28-18-26(32)29-21-9-6-19(7-10-21)4-3-14-30-15-13-27-12-2-1-5-23(27)25(30)16-20-8-11-22(31)17-24(20)27/h6-11,17,23,25,31H,1-5,12-16,18H2,(H,29,32)/t23-,25+,27+/m0/s1. The van der Waals surface area contributed by atoms with Gasteiger partial charge in [-0.2, -0.15) is 0 Å². The predicted molar refractivity (Wildman–Crippen MR) is 133 cm³/mol. The molecule has 0 unspecified atom stereocenters. The van der Waals surface area contributed by atoms with Gasteiger partial charge in [0.05, 0.1) is 5.33 Å². The molecule has 1 amide bonds. The molecule has 32 heavy (non-hydrogen) atoms. The molecule has 0 radical (unpaired) electrons. The van der Waals surface area contributed by atoms with Gasteiger partial charge in [-0.3, -0.25) is 9.69 Å². The number of fused-ring (bicyclic) bond motifs is 1. The lowest BCUT2D eigenvalue weighted by Gasteiger charge is -2.59. The maximum Gasteiger partial charge on any atom is 0.235 e. The van der Waals surface area contributed by atoms with Gasteiger partial charge in [-0.05, 0) is 98.5 Å². The summed E-state index contributed by atoms with van der Waals surface area (Å²) in [4.78, 5) is 14.3. The second-order valence-corrected chi connectivity index (χ2v) is 10.5. The average Bonchev–Trinajstić information content (AvgIpc) is 2.82. The van der Waals surface area contributed by atoms with Crippen molar-refractivity contribution in [2.24, 2.45) is 5.92 Å². The van der Waals surface area contributed by atoms with Gasteiger partial charge in [0, 0.05) is 17.1 Å². The summed E-state index contributed by atoms with van der Waals surface area (Å²) in [5, 5.41) is 13.4. The monoisotopic (exact) mass is 496 g/mol. The summed E-state index contributed by atoms with van der Waals surface area (Å²) in [5.41, 5.74) is 5.41. The number of rotatable bonds is 6. The molecular weight excluding hydrogens is 464 g/mol. The number of hydrogen-bond acceptors (Lipinski definition) is 3. The van der Waals surface area contributed by atoms with E-state index in [0.717, 1.165) is 37.4 Å². The molecule has 170 valence electrons. The largest absolute Gasteiger partial charge is 0.508 e. The highest BCUT2D eigenvalue weighted by atomic mass is 79.9. The van der Waals surface area contributed by atoms with Gasteiger partial charge in [0.2, 0.25) is 5.91 Å².